The summed E-state index contributed by atoms with van der Waals surface area (Å²) in [5, 5.41) is 15.6. The number of pyridine rings is 1. The zero-order valence-electron chi connectivity index (χ0n) is 12.9. The second-order valence-electron chi connectivity index (χ2n) is 5.61. The molecule has 0 spiro atoms. The first-order chi connectivity index (χ1) is 11.3. The van der Waals surface area contributed by atoms with E-state index in [0.29, 0.717) is 24.5 Å². The Morgan fingerprint density at radius 3 is 2.57 bits per heavy atom. The Morgan fingerprint density at radius 1 is 1.04 bits per heavy atom. The monoisotopic (exact) mass is 315 g/mol. The molecule has 4 N–H and O–H groups in total. The van der Waals surface area contributed by atoms with Crippen molar-refractivity contribution in [3.63, 3.8) is 0 Å². The van der Waals surface area contributed by atoms with Crippen molar-refractivity contribution >= 4 is 17.8 Å². The normalized spacial score (nSPS) is 15.2. The van der Waals surface area contributed by atoms with E-state index in [2.05, 4.69) is 30.6 Å². The van der Waals surface area contributed by atoms with Gasteiger partial charge in [0.05, 0.1) is 0 Å². The predicted octanol–water partition coefficient (Wildman–Crippen LogP) is 2.42. The van der Waals surface area contributed by atoms with Gasteiger partial charge in [0, 0.05) is 25.0 Å². The van der Waals surface area contributed by atoms with Crippen molar-refractivity contribution in [1.82, 2.24) is 19.9 Å². The summed E-state index contributed by atoms with van der Waals surface area (Å²) in [6, 6.07) is 4.22. The van der Waals surface area contributed by atoms with E-state index in [9.17, 15) is 0 Å². The SMILES string of the molecule is ONc1nc(NCc2cccnc2)nc(NC2CCCCC2)n1. The van der Waals surface area contributed by atoms with Crippen LogP contribution in [0.4, 0.5) is 17.8 Å². The molecule has 1 aliphatic rings. The van der Waals surface area contributed by atoms with Gasteiger partial charge in [-0.2, -0.15) is 15.0 Å². The van der Waals surface area contributed by atoms with E-state index in [-0.39, 0.29) is 5.95 Å². The van der Waals surface area contributed by atoms with Crippen LogP contribution in [-0.2, 0) is 6.54 Å². The third-order valence-electron chi connectivity index (χ3n) is 3.85. The van der Waals surface area contributed by atoms with Crippen LogP contribution in [0.3, 0.4) is 0 Å². The Bertz CT molecular complexity index is 616. The highest BCUT2D eigenvalue weighted by molar-refractivity contribution is 5.42. The minimum Gasteiger partial charge on any atom is -0.351 e. The van der Waals surface area contributed by atoms with Gasteiger partial charge >= 0.3 is 0 Å². The van der Waals surface area contributed by atoms with Crippen LogP contribution in [-0.4, -0.2) is 31.2 Å². The highest BCUT2D eigenvalue weighted by Crippen LogP contribution is 2.21. The molecule has 3 rings (SSSR count). The molecule has 0 amide bonds. The van der Waals surface area contributed by atoms with E-state index in [4.69, 9.17) is 5.21 Å². The van der Waals surface area contributed by atoms with Crippen molar-refractivity contribution in [2.45, 2.75) is 44.7 Å². The Morgan fingerprint density at radius 2 is 1.83 bits per heavy atom. The van der Waals surface area contributed by atoms with Crippen molar-refractivity contribution in [3.8, 4) is 0 Å². The number of nitrogens with zero attached hydrogens (tertiary/aromatic N) is 4. The maximum absolute atomic E-state index is 9.11. The smallest absolute Gasteiger partial charge is 0.253 e. The molecule has 1 aliphatic carbocycles. The number of hydrogen-bond donors (Lipinski definition) is 4. The lowest BCUT2D eigenvalue weighted by Gasteiger charge is -2.22. The number of rotatable bonds is 6. The molecule has 23 heavy (non-hydrogen) atoms. The van der Waals surface area contributed by atoms with Gasteiger partial charge in [-0.05, 0) is 24.5 Å². The Kier molecular flexibility index (Phi) is 5.15. The maximum atomic E-state index is 9.11. The van der Waals surface area contributed by atoms with Gasteiger partial charge in [-0.25, -0.2) is 5.48 Å². The molecule has 8 nitrogen and oxygen atoms in total. The van der Waals surface area contributed by atoms with Crippen molar-refractivity contribution < 1.29 is 5.21 Å². The number of nitrogens with one attached hydrogen (secondary N) is 3. The summed E-state index contributed by atoms with van der Waals surface area (Å²) < 4.78 is 0. The Balaban J connectivity index is 1.68. The molecule has 0 aliphatic heterocycles. The topological polar surface area (TPSA) is 108 Å². The van der Waals surface area contributed by atoms with Gasteiger partial charge in [-0.3, -0.25) is 10.2 Å². The zero-order valence-corrected chi connectivity index (χ0v) is 12.9. The second kappa shape index (κ2) is 7.68. The summed E-state index contributed by atoms with van der Waals surface area (Å²) in [4.78, 5) is 16.7. The van der Waals surface area contributed by atoms with E-state index >= 15 is 0 Å². The first-order valence-corrected chi connectivity index (χ1v) is 7.89. The molecule has 0 bridgehead atoms. The van der Waals surface area contributed by atoms with Gasteiger partial charge in [0.1, 0.15) is 0 Å². The van der Waals surface area contributed by atoms with E-state index < -0.39 is 0 Å². The fraction of sp³-hybridized carbons (Fsp3) is 0.467. The summed E-state index contributed by atoms with van der Waals surface area (Å²) in [6.45, 7) is 0.547. The highest BCUT2D eigenvalue weighted by Gasteiger charge is 2.15. The molecular weight excluding hydrogens is 294 g/mol. The van der Waals surface area contributed by atoms with Gasteiger partial charge in [0.2, 0.25) is 11.9 Å². The third-order valence-corrected chi connectivity index (χ3v) is 3.85. The predicted molar refractivity (Wildman–Crippen MR) is 87.3 cm³/mol. The molecule has 1 saturated carbocycles. The van der Waals surface area contributed by atoms with E-state index in [1.54, 1.807) is 12.4 Å². The van der Waals surface area contributed by atoms with Crippen molar-refractivity contribution in [3.05, 3.63) is 30.1 Å². The molecule has 2 heterocycles. The van der Waals surface area contributed by atoms with Gasteiger partial charge in [-0.15, -0.1) is 0 Å². The molecule has 0 radical (unpaired) electrons. The largest absolute Gasteiger partial charge is 0.351 e. The summed E-state index contributed by atoms with van der Waals surface area (Å²) >= 11 is 0. The molecule has 0 unspecified atom stereocenters. The third kappa shape index (κ3) is 4.49. The summed E-state index contributed by atoms with van der Waals surface area (Å²) in [5.74, 6) is 0.989. The Labute approximate surface area is 134 Å². The number of hydrogen-bond acceptors (Lipinski definition) is 8. The fourth-order valence-corrected chi connectivity index (χ4v) is 2.68. The van der Waals surface area contributed by atoms with Gasteiger partial charge < -0.3 is 10.6 Å². The highest BCUT2D eigenvalue weighted by atomic mass is 16.5. The summed E-state index contributed by atoms with van der Waals surface area (Å²) in [5.41, 5.74) is 3.01. The van der Waals surface area contributed by atoms with Crippen LogP contribution in [0.2, 0.25) is 0 Å². The van der Waals surface area contributed by atoms with Crippen LogP contribution in [0.1, 0.15) is 37.7 Å². The van der Waals surface area contributed by atoms with Gasteiger partial charge in [-0.1, -0.05) is 25.3 Å². The average molecular weight is 315 g/mol. The van der Waals surface area contributed by atoms with E-state index in [1.807, 2.05) is 17.6 Å². The maximum Gasteiger partial charge on any atom is 0.253 e. The Hall–Kier alpha value is -2.48. The lowest BCUT2D eigenvalue weighted by molar-refractivity contribution is 0.382. The van der Waals surface area contributed by atoms with E-state index in [0.717, 1.165) is 18.4 Å². The number of aromatic nitrogens is 4. The molecule has 0 saturated heterocycles. The first-order valence-electron chi connectivity index (χ1n) is 7.89. The minimum atomic E-state index is 0.118. The van der Waals surface area contributed by atoms with Crippen LogP contribution in [0, 0.1) is 0 Å². The quantitative estimate of drug-likeness (QED) is 0.602. The lowest BCUT2D eigenvalue weighted by atomic mass is 9.96. The minimum absolute atomic E-state index is 0.118. The molecule has 0 atom stereocenters. The zero-order chi connectivity index (χ0) is 15.9. The van der Waals surface area contributed by atoms with E-state index in [1.165, 1.54) is 19.3 Å². The second-order valence-corrected chi connectivity index (χ2v) is 5.61. The van der Waals surface area contributed by atoms with Crippen LogP contribution in [0.15, 0.2) is 24.5 Å². The van der Waals surface area contributed by atoms with Crippen molar-refractivity contribution in [2.24, 2.45) is 0 Å². The van der Waals surface area contributed by atoms with Crippen LogP contribution >= 0.6 is 0 Å². The van der Waals surface area contributed by atoms with Gasteiger partial charge in [0.25, 0.3) is 5.95 Å². The van der Waals surface area contributed by atoms with Crippen LogP contribution in [0.25, 0.3) is 0 Å². The molecule has 122 valence electrons. The fourth-order valence-electron chi connectivity index (χ4n) is 2.68. The average Bonchev–Trinajstić information content (AvgIpc) is 2.61. The molecule has 0 aromatic carbocycles. The summed E-state index contributed by atoms with van der Waals surface area (Å²) in [6.07, 6.45) is 9.47. The molecule has 1 fully saturated rings. The number of anilines is 3. The van der Waals surface area contributed by atoms with Crippen molar-refractivity contribution in [2.75, 3.05) is 16.1 Å². The first kappa shape index (κ1) is 15.4. The lowest BCUT2D eigenvalue weighted by Crippen LogP contribution is -2.24. The van der Waals surface area contributed by atoms with Crippen LogP contribution in [0.5, 0.6) is 0 Å². The molecule has 2 aromatic heterocycles. The molecule has 8 heteroatoms. The molecule has 2 aromatic rings. The standard InChI is InChI=1S/C15H21N7O/c23-22-15-20-13(17-10-11-5-4-8-16-9-11)19-14(21-15)18-12-6-2-1-3-7-12/h4-5,8-9,12,23H,1-3,6-7,10H2,(H3,17,18,19,20,21,22). The molecular formula is C15H21N7O. The van der Waals surface area contributed by atoms with Crippen LogP contribution < -0.4 is 16.1 Å². The van der Waals surface area contributed by atoms with Gasteiger partial charge in [0.15, 0.2) is 0 Å². The summed E-state index contributed by atoms with van der Waals surface area (Å²) in [7, 11) is 0. The van der Waals surface area contributed by atoms with Crippen molar-refractivity contribution in [1.29, 1.82) is 0 Å².